The second-order valence-corrected chi connectivity index (χ2v) is 7.86. The van der Waals surface area contributed by atoms with Gasteiger partial charge in [-0.15, -0.1) is 11.3 Å². The number of thiazole rings is 1. The van der Waals surface area contributed by atoms with Gasteiger partial charge in [0, 0.05) is 39.3 Å². The van der Waals surface area contributed by atoms with Crippen LogP contribution in [0.5, 0.6) is 0 Å². The summed E-state index contributed by atoms with van der Waals surface area (Å²) >= 11 is 1.47. The van der Waals surface area contributed by atoms with Crippen molar-refractivity contribution < 1.29 is 9.59 Å². The number of amides is 2. The highest BCUT2D eigenvalue weighted by molar-refractivity contribution is 7.13. The number of hydrogen-bond acceptors (Lipinski definition) is 5. The van der Waals surface area contributed by atoms with Crippen LogP contribution in [0.1, 0.15) is 39.6 Å². The first-order chi connectivity index (χ1) is 11.5. The molecule has 24 heavy (non-hydrogen) atoms. The highest BCUT2D eigenvalue weighted by Gasteiger charge is 2.25. The van der Waals surface area contributed by atoms with E-state index < -0.39 is 0 Å². The number of carbonyl (C=O) groups is 2. The van der Waals surface area contributed by atoms with Gasteiger partial charge in [-0.25, -0.2) is 4.98 Å². The normalized spacial score (nSPS) is 19.6. The molecule has 1 aromatic rings. The molecule has 0 N–H and O–H groups in total. The Balaban J connectivity index is 1.55. The van der Waals surface area contributed by atoms with Crippen molar-refractivity contribution >= 4 is 23.2 Å². The number of rotatable bonds is 3. The molecule has 0 radical (unpaired) electrons. The second kappa shape index (κ2) is 7.61. The molecule has 3 rings (SSSR count). The fourth-order valence-electron chi connectivity index (χ4n) is 3.46. The largest absolute Gasteiger partial charge is 0.342 e. The third kappa shape index (κ3) is 3.95. The van der Waals surface area contributed by atoms with Crippen molar-refractivity contribution in [1.29, 1.82) is 0 Å². The van der Waals surface area contributed by atoms with Crippen molar-refractivity contribution in [3.8, 4) is 0 Å². The van der Waals surface area contributed by atoms with Crippen LogP contribution >= 0.6 is 11.3 Å². The molecule has 132 valence electrons. The lowest BCUT2D eigenvalue weighted by molar-refractivity contribution is -0.131. The van der Waals surface area contributed by atoms with Crippen molar-refractivity contribution in [2.75, 3.05) is 45.8 Å². The lowest BCUT2D eigenvalue weighted by atomic mass is 10.3. The van der Waals surface area contributed by atoms with Crippen LogP contribution < -0.4 is 0 Å². The van der Waals surface area contributed by atoms with Crippen LogP contribution in [-0.4, -0.2) is 77.3 Å². The van der Waals surface area contributed by atoms with Gasteiger partial charge in [-0.3, -0.25) is 14.5 Å². The third-order valence-electron chi connectivity index (χ3n) is 4.79. The van der Waals surface area contributed by atoms with Gasteiger partial charge in [0.25, 0.3) is 5.91 Å². The molecule has 3 heterocycles. The van der Waals surface area contributed by atoms with Crippen LogP contribution in [0.25, 0.3) is 0 Å². The predicted molar refractivity (Wildman–Crippen MR) is 94.4 cm³/mol. The van der Waals surface area contributed by atoms with Gasteiger partial charge in [-0.05, 0) is 33.1 Å². The molecule has 2 amide bonds. The Morgan fingerprint density at radius 1 is 0.958 bits per heavy atom. The van der Waals surface area contributed by atoms with E-state index in [0.717, 1.165) is 67.6 Å². The Kier molecular flexibility index (Phi) is 5.50. The summed E-state index contributed by atoms with van der Waals surface area (Å²) < 4.78 is 0. The summed E-state index contributed by atoms with van der Waals surface area (Å²) in [6.07, 6.45) is 3.17. The SMILES string of the molecule is Cc1nc(C)c(C(=O)N2CCCN(CC(=O)N3CCCC3)CC2)s1. The van der Waals surface area contributed by atoms with E-state index >= 15 is 0 Å². The summed E-state index contributed by atoms with van der Waals surface area (Å²) in [5.41, 5.74) is 0.827. The van der Waals surface area contributed by atoms with Gasteiger partial charge in [0.05, 0.1) is 17.2 Å². The van der Waals surface area contributed by atoms with E-state index in [9.17, 15) is 9.59 Å². The van der Waals surface area contributed by atoms with Crippen LogP contribution in [0.2, 0.25) is 0 Å². The smallest absolute Gasteiger partial charge is 0.265 e. The van der Waals surface area contributed by atoms with Crippen LogP contribution in [0.4, 0.5) is 0 Å². The number of likely N-dealkylation sites (tertiary alicyclic amines) is 1. The van der Waals surface area contributed by atoms with E-state index in [1.807, 2.05) is 23.6 Å². The van der Waals surface area contributed by atoms with Gasteiger partial charge in [0.1, 0.15) is 4.88 Å². The van der Waals surface area contributed by atoms with E-state index in [0.29, 0.717) is 13.1 Å². The number of hydrogen-bond donors (Lipinski definition) is 0. The molecule has 0 aliphatic carbocycles. The molecule has 0 atom stereocenters. The van der Waals surface area contributed by atoms with Gasteiger partial charge in [0.2, 0.25) is 5.91 Å². The monoisotopic (exact) mass is 350 g/mol. The summed E-state index contributed by atoms with van der Waals surface area (Å²) in [4.78, 5) is 36.2. The summed E-state index contributed by atoms with van der Waals surface area (Å²) in [5, 5.41) is 0.934. The quantitative estimate of drug-likeness (QED) is 0.830. The topological polar surface area (TPSA) is 56.8 Å². The third-order valence-corrected chi connectivity index (χ3v) is 5.85. The Labute approximate surface area is 147 Å². The first-order valence-electron chi connectivity index (χ1n) is 8.78. The average molecular weight is 350 g/mol. The number of aromatic nitrogens is 1. The molecular weight excluding hydrogens is 324 g/mol. The van der Waals surface area contributed by atoms with Gasteiger partial charge in [0.15, 0.2) is 0 Å². The van der Waals surface area contributed by atoms with Gasteiger partial charge < -0.3 is 9.80 Å². The van der Waals surface area contributed by atoms with Crippen LogP contribution in [-0.2, 0) is 4.79 Å². The van der Waals surface area contributed by atoms with Crippen LogP contribution in [0.15, 0.2) is 0 Å². The summed E-state index contributed by atoms with van der Waals surface area (Å²) in [5.74, 6) is 0.326. The van der Waals surface area contributed by atoms with Crippen LogP contribution in [0.3, 0.4) is 0 Å². The summed E-state index contributed by atoms with van der Waals surface area (Å²) in [6, 6.07) is 0. The zero-order valence-electron chi connectivity index (χ0n) is 14.6. The number of aryl methyl sites for hydroxylation is 2. The number of nitrogens with zero attached hydrogens (tertiary/aromatic N) is 4. The Bertz CT molecular complexity index is 610. The molecule has 0 spiro atoms. The minimum atomic E-state index is 0.0887. The van der Waals surface area contributed by atoms with Gasteiger partial charge in [-0.1, -0.05) is 0 Å². The molecular formula is C17H26N4O2S. The maximum absolute atomic E-state index is 12.7. The standard InChI is InChI=1S/C17H26N4O2S/c1-13-16(24-14(2)18-13)17(23)21-9-5-6-19(10-11-21)12-15(22)20-7-3-4-8-20/h3-12H2,1-2H3. The Morgan fingerprint density at radius 3 is 2.33 bits per heavy atom. The fraction of sp³-hybridized carbons (Fsp3) is 0.706. The van der Waals surface area contributed by atoms with Crippen molar-refractivity contribution in [3.05, 3.63) is 15.6 Å². The average Bonchev–Trinajstić information content (AvgIpc) is 3.13. The van der Waals surface area contributed by atoms with E-state index in [-0.39, 0.29) is 11.8 Å². The predicted octanol–water partition coefficient (Wildman–Crippen LogP) is 1.53. The molecule has 7 heteroatoms. The van der Waals surface area contributed by atoms with Crippen molar-refractivity contribution in [3.63, 3.8) is 0 Å². The van der Waals surface area contributed by atoms with E-state index in [1.165, 1.54) is 11.3 Å². The zero-order chi connectivity index (χ0) is 17.1. The maximum Gasteiger partial charge on any atom is 0.265 e. The van der Waals surface area contributed by atoms with E-state index in [2.05, 4.69) is 9.88 Å². The molecule has 1 aromatic heterocycles. The lowest BCUT2D eigenvalue weighted by Gasteiger charge is -2.23. The zero-order valence-corrected chi connectivity index (χ0v) is 15.4. The molecule has 2 aliphatic heterocycles. The molecule has 6 nitrogen and oxygen atoms in total. The molecule has 0 saturated carbocycles. The number of carbonyl (C=O) groups excluding carboxylic acids is 2. The molecule has 0 aromatic carbocycles. The lowest BCUT2D eigenvalue weighted by Crippen LogP contribution is -2.41. The molecule has 0 unspecified atom stereocenters. The minimum absolute atomic E-state index is 0.0887. The van der Waals surface area contributed by atoms with Crippen molar-refractivity contribution in [2.24, 2.45) is 0 Å². The Hall–Kier alpha value is -1.47. The van der Waals surface area contributed by atoms with Crippen molar-refractivity contribution in [2.45, 2.75) is 33.1 Å². The van der Waals surface area contributed by atoms with Gasteiger partial charge in [-0.2, -0.15) is 0 Å². The first kappa shape index (κ1) is 17.4. The molecule has 0 bridgehead atoms. The fourth-order valence-corrected chi connectivity index (χ4v) is 4.35. The molecule has 2 aliphatic rings. The van der Waals surface area contributed by atoms with E-state index in [1.54, 1.807) is 0 Å². The van der Waals surface area contributed by atoms with E-state index in [4.69, 9.17) is 0 Å². The van der Waals surface area contributed by atoms with Crippen LogP contribution in [0, 0.1) is 13.8 Å². The highest BCUT2D eigenvalue weighted by atomic mass is 32.1. The van der Waals surface area contributed by atoms with Crippen molar-refractivity contribution in [1.82, 2.24) is 19.7 Å². The van der Waals surface area contributed by atoms with Gasteiger partial charge >= 0.3 is 0 Å². The Morgan fingerprint density at radius 2 is 1.67 bits per heavy atom. The molecule has 2 saturated heterocycles. The highest BCUT2D eigenvalue weighted by Crippen LogP contribution is 2.20. The summed E-state index contributed by atoms with van der Waals surface area (Å²) in [6.45, 7) is 9.21. The minimum Gasteiger partial charge on any atom is -0.342 e. The summed E-state index contributed by atoms with van der Waals surface area (Å²) in [7, 11) is 0. The first-order valence-corrected chi connectivity index (χ1v) is 9.59. The molecule has 2 fully saturated rings. The second-order valence-electron chi connectivity index (χ2n) is 6.66. The maximum atomic E-state index is 12.7.